The van der Waals surface area contributed by atoms with Crippen LogP contribution in [0.5, 0.6) is 0 Å². The molecule has 1 amide bonds. The van der Waals surface area contributed by atoms with Gasteiger partial charge in [-0.1, -0.05) is 6.92 Å². The highest BCUT2D eigenvalue weighted by Gasteiger charge is 2.20. The third-order valence-electron chi connectivity index (χ3n) is 3.99. The molecule has 0 bridgehead atoms. The summed E-state index contributed by atoms with van der Waals surface area (Å²) in [5.74, 6) is -0.298. The van der Waals surface area contributed by atoms with Crippen LogP contribution in [0.25, 0.3) is 0 Å². The summed E-state index contributed by atoms with van der Waals surface area (Å²) >= 11 is 0. The number of carbonyl (C=O) groups excluding carboxylic acids is 1. The number of benzene rings is 1. The van der Waals surface area contributed by atoms with Gasteiger partial charge in [-0.15, -0.1) is 0 Å². The molecule has 2 N–H and O–H groups in total. The fourth-order valence-corrected chi connectivity index (χ4v) is 2.41. The zero-order valence-electron chi connectivity index (χ0n) is 13.5. The molecule has 0 aromatic heterocycles. The minimum atomic E-state index is -0.474. The highest BCUT2D eigenvalue weighted by molar-refractivity contribution is 5.95. The number of carbonyl (C=O) groups is 1. The molecule has 7 nitrogen and oxygen atoms in total. The quantitative estimate of drug-likeness (QED) is 0.595. The minimum Gasteiger partial charge on any atom is -0.377 e. The van der Waals surface area contributed by atoms with Gasteiger partial charge in [0.2, 0.25) is 0 Å². The van der Waals surface area contributed by atoms with Crippen molar-refractivity contribution in [1.82, 2.24) is 5.32 Å². The number of hydrogen-bond donors (Lipinski definition) is 2. The first-order valence-electron chi connectivity index (χ1n) is 7.96. The molecule has 23 heavy (non-hydrogen) atoms. The van der Waals surface area contributed by atoms with E-state index in [1.165, 1.54) is 6.07 Å². The number of anilines is 1. The summed E-state index contributed by atoms with van der Waals surface area (Å²) in [6.45, 7) is 5.12. The van der Waals surface area contributed by atoms with E-state index in [0.29, 0.717) is 17.8 Å². The van der Waals surface area contributed by atoms with Crippen molar-refractivity contribution in [2.75, 3.05) is 18.5 Å². The maximum atomic E-state index is 12.1. The second kappa shape index (κ2) is 7.92. The summed E-state index contributed by atoms with van der Waals surface area (Å²) in [4.78, 5) is 22.9. The van der Waals surface area contributed by atoms with E-state index >= 15 is 0 Å². The second-order valence-corrected chi connectivity index (χ2v) is 5.79. The number of rotatable bonds is 7. The fraction of sp³-hybridized carbons (Fsp3) is 0.562. The van der Waals surface area contributed by atoms with Crippen molar-refractivity contribution in [3.63, 3.8) is 0 Å². The zero-order valence-corrected chi connectivity index (χ0v) is 13.5. The SMILES string of the molecule is CC[C@@H](C)NC(=O)c1ccc(NC[C@@H]2CCCO2)c([N+](=O)[O-])c1. The molecule has 1 fully saturated rings. The largest absolute Gasteiger partial charge is 0.377 e. The van der Waals surface area contributed by atoms with E-state index in [-0.39, 0.29) is 23.7 Å². The Bertz CT molecular complexity index is 570. The number of nitrogens with zero attached hydrogens (tertiary/aromatic N) is 1. The molecule has 126 valence electrons. The lowest BCUT2D eigenvalue weighted by Gasteiger charge is -2.14. The summed E-state index contributed by atoms with van der Waals surface area (Å²) in [5, 5.41) is 17.1. The topological polar surface area (TPSA) is 93.5 Å². The molecule has 0 radical (unpaired) electrons. The monoisotopic (exact) mass is 321 g/mol. The summed E-state index contributed by atoms with van der Waals surface area (Å²) < 4.78 is 5.50. The molecule has 1 aliphatic rings. The van der Waals surface area contributed by atoms with Crippen molar-refractivity contribution in [3.8, 4) is 0 Å². The molecule has 1 aliphatic heterocycles. The van der Waals surface area contributed by atoms with Gasteiger partial charge in [-0.3, -0.25) is 14.9 Å². The van der Waals surface area contributed by atoms with Crippen LogP contribution in [-0.4, -0.2) is 36.1 Å². The Labute approximate surface area is 135 Å². The van der Waals surface area contributed by atoms with Gasteiger partial charge >= 0.3 is 0 Å². The average molecular weight is 321 g/mol. The summed E-state index contributed by atoms with van der Waals surface area (Å²) in [5.41, 5.74) is 0.602. The van der Waals surface area contributed by atoms with Crippen LogP contribution in [0.1, 0.15) is 43.5 Å². The third-order valence-corrected chi connectivity index (χ3v) is 3.99. The molecule has 0 aliphatic carbocycles. The van der Waals surface area contributed by atoms with E-state index in [9.17, 15) is 14.9 Å². The smallest absolute Gasteiger partial charge is 0.293 e. The molecule has 1 heterocycles. The maximum absolute atomic E-state index is 12.1. The number of nitro groups is 1. The molecular weight excluding hydrogens is 298 g/mol. The van der Waals surface area contributed by atoms with Crippen LogP contribution in [0.15, 0.2) is 18.2 Å². The molecule has 2 rings (SSSR count). The van der Waals surface area contributed by atoms with Gasteiger partial charge in [-0.2, -0.15) is 0 Å². The van der Waals surface area contributed by atoms with Crippen LogP contribution >= 0.6 is 0 Å². The van der Waals surface area contributed by atoms with Crippen molar-refractivity contribution < 1.29 is 14.5 Å². The lowest BCUT2D eigenvalue weighted by atomic mass is 10.1. The molecule has 7 heteroatoms. The molecule has 1 aromatic rings. The fourth-order valence-electron chi connectivity index (χ4n) is 2.41. The second-order valence-electron chi connectivity index (χ2n) is 5.79. The molecular formula is C16H23N3O4. The Hall–Kier alpha value is -2.15. The Morgan fingerprint density at radius 2 is 2.30 bits per heavy atom. The van der Waals surface area contributed by atoms with Gasteiger partial charge in [-0.05, 0) is 38.3 Å². The number of hydrogen-bond acceptors (Lipinski definition) is 5. The van der Waals surface area contributed by atoms with E-state index in [1.54, 1.807) is 12.1 Å². The van der Waals surface area contributed by atoms with Gasteiger partial charge in [0.25, 0.3) is 11.6 Å². The number of amides is 1. The highest BCUT2D eigenvalue weighted by Crippen LogP contribution is 2.26. The van der Waals surface area contributed by atoms with E-state index in [0.717, 1.165) is 25.9 Å². The van der Waals surface area contributed by atoms with Crippen molar-refractivity contribution in [1.29, 1.82) is 0 Å². The summed E-state index contributed by atoms with van der Waals surface area (Å²) in [7, 11) is 0. The standard InChI is InChI=1S/C16H23N3O4/c1-3-11(2)18-16(20)12-6-7-14(15(9-12)19(21)22)17-10-13-5-4-8-23-13/h6-7,9,11,13,17H,3-5,8,10H2,1-2H3,(H,18,20)/t11-,13+/m1/s1. The van der Waals surface area contributed by atoms with E-state index < -0.39 is 4.92 Å². The van der Waals surface area contributed by atoms with Crippen molar-refractivity contribution in [3.05, 3.63) is 33.9 Å². The lowest BCUT2D eigenvalue weighted by Crippen LogP contribution is -2.31. The predicted molar refractivity (Wildman–Crippen MR) is 87.8 cm³/mol. The lowest BCUT2D eigenvalue weighted by molar-refractivity contribution is -0.384. The van der Waals surface area contributed by atoms with Crippen LogP contribution in [0.2, 0.25) is 0 Å². The van der Waals surface area contributed by atoms with Crippen LogP contribution in [0.4, 0.5) is 11.4 Å². The van der Waals surface area contributed by atoms with Crippen LogP contribution in [-0.2, 0) is 4.74 Å². The molecule has 0 unspecified atom stereocenters. The molecule has 2 atom stereocenters. The van der Waals surface area contributed by atoms with Gasteiger partial charge in [0.05, 0.1) is 11.0 Å². The third kappa shape index (κ3) is 4.66. The summed E-state index contributed by atoms with van der Waals surface area (Å²) in [6.07, 6.45) is 2.86. The van der Waals surface area contributed by atoms with Gasteiger partial charge in [0.15, 0.2) is 0 Å². The predicted octanol–water partition coefficient (Wildman–Crippen LogP) is 2.71. The first kappa shape index (κ1) is 17.2. The number of nitrogens with one attached hydrogen (secondary N) is 2. The van der Waals surface area contributed by atoms with Gasteiger partial charge in [0, 0.05) is 30.8 Å². The van der Waals surface area contributed by atoms with E-state index in [4.69, 9.17) is 4.74 Å². The van der Waals surface area contributed by atoms with Crippen molar-refractivity contribution in [2.45, 2.75) is 45.3 Å². The molecule has 0 spiro atoms. The van der Waals surface area contributed by atoms with Crippen LogP contribution < -0.4 is 10.6 Å². The zero-order chi connectivity index (χ0) is 16.8. The normalized spacial score (nSPS) is 18.4. The van der Waals surface area contributed by atoms with Gasteiger partial charge in [0.1, 0.15) is 5.69 Å². The first-order valence-corrected chi connectivity index (χ1v) is 7.96. The molecule has 0 saturated carbocycles. The van der Waals surface area contributed by atoms with Crippen LogP contribution in [0, 0.1) is 10.1 Å². The average Bonchev–Trinajstić information content (AvgIpc) is 3.05. The maximum Gasteiger partial charge on any atom is 0.293 e. The van der Waals surface area contributed by atoms with Crippen molar-refractivity contribution >= 4 is 17.3 Å². The van der Waals surface area contributed by atoms with Crippen molar-refractivity contribution in [2.24, 2.45) is 0 Å². The Morgan fingerprint density at radius 3 is 2.91 bits per heavy atom. The van der Waals surface area contributed by atoms with Gasteiger partial charge in [-0.25, -0.2) is 0 Å². The first-order chi connectivity index (χ1) is 11.0. The molecule has 1 aromatic carbocycles. The highest BCUT2D eigenvalue weighted by atomic mass is 16.6. The van der Waals surface area contributed by atoms with E-state index in [1.807, 2.05) is 13.8 Å². The van der Waals surface area contributed by atoms with Gasteiger partial charge < -0.3 is 15.4 Å². The summed E-state index contributed by atoms with van der Waals surface area (Å²) in [6, 6.07) is 4.52. The molecule has 1 saturated heterocycles. The number of nitro benzene ring substituents is 1. The number of ether oxygens (including phenoxy) is 1. The Kier molecular flexibility index (Phi) is 5.92. The van der Waals surface area contributed by atoms with Crippen LogP contribution in [0.3, 0.4) is 0 Å². The van der Waals surface area contributed by atoms with E-state index in [2.05, 4.69) is 10.6 Å². The Balaban J connectivity index is 2.10. The minimum absolute atomic E-state index is 0.0267. The Morgan fingerprint density at radius 1 is 1.52 bits per heavy atom.